The Hall–Kier alpha value is -2.76. The molecule has 176 valence electrons. The van der Waals surface area contributed by atoms with Gasteiger partial charge in [0.05, 0.1) is 17.0 Å². The number of benzene rings is 1. The van der Waals surface area contributed by atoms with Crippen LogP contribution >= 0.6 is 15.9 Å². The molecule has 4 aromatic rings. The number of hydrogen-bond acceptors (Lipinski definition) is 7. The number of pyridine rings is 1. The summed E-state index contributed by atoms with van der Waals surface area (Å²) in [5.74, 6) is 0.762. The summed E-state index contributed by atoms with van der Waals surface area (Å²) in [7, 11) is -3.16. The van der Waals surface area contributed by atoms with Crippen LogP contribution in [-0.2, 0) is 10.0 Å². The van der Waals surface area contributed by atoms with E-state index in [2.05, 4.69) is 32.1 Å². The minimum absolute atomic E-state index is 0.148. The van der Waals surface area contributed by atoms with E-state index in [1.165, 1.54) is 0 Å². The molecule has 0 bridgehead atoms. The average Bonchev–Trinajstić information content (AvgIpc) is 3.63. The molecule has 1 saturated heterocycles. The summed E-state index contributed by atoms with van der Waals surface area (Å²) in [6.07, 6.45) is 6.13. The van der Waals surface area contributed by atoms with Crippen molar-refractivity contribution in [1.29, 1.82) is 0 Å². The molecule has 0 unspecified atom stereocenters. The summed E-state index contributed by atoms with van der Waals surface area (Å²) in [6, 6.07) is 9.97. The van der Waals surface area contributed by atoms with Gasteiger partial charge >= 0.3 is 0 Å². The van der Waals surface area contributed by atoms with E-state index in [0.29, 0.717) is 47.7 Å². The number of nitrogen functional groups attached to an aromatic ring is 1. The Morgan fingerprint density at radius 1 is 1.09 bits per heavy atom. The van der Waals surface area contributed by atoms with Gasteiger partial charge in [-0.25, -0.2) is 12.7 Å². The summed E-state index contributed by atoms with van der Waals surface area (Å²) in [5.41, 5.74) is 9.52. The highest BCUT2D eigenvalue weighted by Gasteiger charge is 2.41. The number of nitrogens with zero attached hydrogens (tertiary/aromatic N) is 5. The SMILES string of the molecule is Nc1c(Br)c(OC2CCN(S(=O)(=O)C3CC3)CC2)nc2c(-c3cnc4ccccc4c3)cnn12. The Bertz CT molecular complexity index is 1510. The van der Waals surface area contributed by atoms with Crippen LogP contribution in [-0.4, -0.2) is 56.7 Å². The van der Waals surface area contributed by atoms with Crippen LogP contribution in [0.5, 0.6) is 5.88 Å². The molecule has 34 heavy (non-hydrogen) atoms. The van der Waals surface area contributed by atoms with E-state index in [9.17, 15) is 8.42 Å². The van der Waals surface area contributed by atoms with E-state index < -0.39 is 10.0 Å². The zero-order chi connectivity index (χ0) is 23.4. The zero-order valence-electron chi connectivity index (χ0n) is 18.3. The predicted octanol–water partition coefficient (Wildman–Crippen LogP) is 3.62. The van der Waals surface area contributed by atoms with Crippen molar-refractivity contribution in [2.45, 2.75) is 37.0 Å². The van der Waals surface area contributed by atoms with Crippen molar-refractivity contribution in [2.75, 3.05) is 18.8 Å². The Labute approximate surface area is 205 Å². The van der Waals surface area contributed by atoms with Crippen LogP contribution in [0.1, 0.15) is 25.7 Å². The first kappa shape index (κ1) is 21.8. The van der Waals surface area contributed by atoms with E-state index in [4.69, 9.17) is 15.5 Å². The number of anilines is 1. The second-order valence-corrected chi connectivity index (χ2v) is 11.8. The molecule has 1 saturated carbocycles. The minimum atomic E-state index is -3.16. The number of rotatable bonds is 5. The van der Waals surface area contributed by atoms with Crippen LogP contribution < -0.4 is 10.5 Å². The molecule has 9 nitrogen and oxygen atoms in total. The molecule has 6 rings (SSSR count). The monoisotopic (exact) mass is 542 g/mol. The highest BCUT2D eigenvalue weighted by atomic mass is 79.9. The highest BCUT2D eigenvalue weighted by Crippen LogP contribution is 2.36. The topological polar surface area (TPSA) is 116 Å². The lowest BCUT2D eigenvalue weighted by molar-refractivity contribution is 0.129. The Morgan fingerprint density at radius 2 is 1.85 bits per heavy atom. The summed E-state index contributed by atoms with van der Waals surface area (Å²) in [5, 5.41) is 5.26. The first-order valence-electron chi connectivity index (χ1n) is 11.3. The summed E-state index contributed by atoms with van der Waals surface area (Å²) >= 11 is 3.51. The van der Waals surface area contributed by atoms with Crippen LogP contribution in [0.25, 0.3) is 27.7 Å². The lowest BCUT2D eigenvalue weighted by Crippen LogP contribution is -2.43. The van der Waals surface area contributed by atoms with Crippen molar-refractivity contribution in [3.05, 3.63) is 47.2 Å². The molecular formula is C23H23BrN6O3S. The van der Waals surface area contributed by atoms with Crippen LogP contribution in [0, 0.1) is 0 Å². The van der Waals surface area contributed by atoms with Crippen LogP contribution in [0.15, 0.2) is 47.2 Å². The third-order valence-electron chi connectivity index (χ3n) is 6.48. The van der Waals surface area contributed by atoms with Crippen molar-refractivity contribution in [3.8, 4) is 17.0 Å². The van der Waals surface area contributed by atoms with Gasteiger partial charge in [0.2, 0.25) is 15.9 Å². The van der Waals surface area contributed by atoms with Crippen LogP contribution in [0.3, 0.4) is 0 Å². The van der Waals surface area contributed by atoms with E-state index >= 15 is 0 Å². The maximum Gasteiger partial charge on any atom is 0.234 e. The van der Waals surface area contributed by atoms with Crippen molar-refractivity contribution < 1.29 is 13.2 Å². The normalized spacial score (nSPS) is 18.0. The van der Waals surface area contributed by atoms with Crippen molar-refractivity contribution in [1.82, 2.24) is 23.9 Å². The van der Waals surface area contributed by atoms with Gasteiger partial charge in [-0.15, -0.1) is 0 Å². The lowest BCUT2D eigenvalue weighted by atomic mass is 10.1. The van der Waals surface area contributed by atoms with Crippen LogP contribution in [0.2, 0.25) is 0 Å². The fourth-order valence-electron chi connectivity index (χ4n) is 4.41. The third kappa shape index (κ3) is 3.71. The van der Waals surface area contributed by atoms with E-state index in [1.54, 1.807) is 21.2 Å². The molecule has 0 atom stereocenters. The number of hydrogen-bond donors (Lipinski definition) is 1. The lowest BCUT2D eigenvalue weighted by Gasteiger charge is -2.31. The van der Waals surface area contributed by atoms with Crippen molar-refractivity contribution in [3.63, 3.8) is 0 Å². The molecule has 0 amide bonds. The fraction of sp³-hybridized carbons (Fsp3) is 0.348. The fourth-order valence-corrected chi connectivity index (χ4v) is 6.64. The molecule has 1 aliphatic heterocycles. The molecule has 2 fully saturated rings. The largest absolute Gasteiger partial charge is 0.473 e. The Kier molecular flexibility index (Phi) is 5.23. The molecule has 2 N–H and O–H groups in total. The summed E-state index contributed by atoms with van der Waals surface area (Å²) in [4.78, 5) is 9.30. The number of nitrogens with two attached hydrogens (primary N) is 1. The maximum atomic E-state index is 12.5. The van der Waals surface area contributed by atoms with Gasteiger partial charge in [0.1, 0.15) is 16.4 Å². The first-order valence-corrected chi connectivity index (χ1v) is 13.5. The number of piperidine rings is 1. The number of ether oxygens (including phenoxy) is 1. The van der Waals surface area contributed by atoms with Gasteiger partial charge in [-0.05, 0) is 53.7 Å². The van der Waals surface area contributed by atoms with Gasteiger partial charge in [0.15, 0.2) is 5.65 Å². The van der Waals surface area contributed by atoms with Crippen molar-refractivity contribution >= 4 is 48.3 Å². The summed E-state index contributed by atoms with van der Waals surface area (Å²) < 4.78 is 35.0. The molecule has 0 radical (unpaired) electrons. The number of halogens is 1. The van der Waals surface area contributed by atoms with Gasteiger partial charge in [0, 0.05) is 35.8 Å². The highest BCUT2D eigenvalue weighted by molar-refractivity contribution is 9.10. The molecule has 2 aliphatic rings. The van der Waals surface area contributed by atoms with Gasteiger partial charge in [-0.3, -0.25) is 4.98 Å². The van der Waals surface area contributed by atoms with E-state index in [0.717, 1.165) is 34.9 Å². The van der Waals surface area contributed by atoms with Crippen LogP contribution in [0.4, 0.5) is 5.82 Å². The first-order chi connectivity index (χ1) is 16.4. The van der Waals surface area contributed by atoms with Gasteiger partial charge in [-0.1, -0.05) is 18.2 Å². The second-order valence-electron chi connectivity index (χ2n) is 8.79. The molecule has 3 aromatic heterocycles. The van der Waals surface area contributed by atoms with E-state index in [1.807, 2.05) is 24.3 Å². The number of aromatic nitrogens is 4. The maximum absolute atomic E-state index is 12.5. The minimum Gasteiger partial charge on any atom is -0.473 e. The standard InChI is InChI=1S/C23H23BrN6O3S/c24-20-21(25)30-22(18(13-27-30)15-11-14-3-1-2-4-19(14)26-12-15)28-23(20)33-16-7-9-29(10-8-16)34(31,32)17-5-6-17/h1-4,11-13,16-17H,5-10,25H2. The predicted molar refractivity (Wildman–Crippen MR) is 133 cm³/mol. The smallest absolute Gasteiger partial charge is 0.234 e. The molecule has 1 aromatic carbocycles. The van der Waals surface area contributed by atoms with Gasteiger partial charge < -0.3 is 10.5 Å². The summed E-state index contributed by atoms with van der Waals surface area (Å²) in [6.45, 7) is 0.916. The average molecular weight is 543 g/mol. The Morgan fingerprint density at radius 3 is 2.62 bits per heavy atom. The molecular weight excluding hydrogens is 520 g/mol. The Balaban J connectivity index is 1.29. The number of sulfonamides is 1. The zero-order valence-corrected chi connectivity index (χ0v) is 20.7. The molecule has 1 aliphatic carbocycles. The van der Waals surface area contributed by atoms with Gasteiger partial charge in [-0.2, -0.15) is 14.6 Å². The number of fused-ring (bicyclic) bond motifs is 2. The molecule has 11 heteroatoms. The van der Waals surface area contributed by atoms with E-state index in [-0.39, 0.29) is 11.4 Å². The van der Waals surface area contributed by atoms with Crippen molar-refractivity contribution in [2.24, 2.45) is 0 Å². The molecule has 0 spiro atoms. The van der Waals surface area contributed by atoms with Gasteiger partial charge in [0.25, 0.3) is 0 Å². The quantitative estimate of drug-likeness (QED) is 0.409. The second kappa shape index (κ2) is 8.17. The number of para-hydroxylation sites is 1. The third-order valence-corrected chi connectivity index (χ3v) is 9.62. The molecule has 4 heterocycles.